The fourth-order valence-corrected chi connectivity index (χ4v) is 3.35. The lowest BCUT2D eigenvalue weighted by atomic mass is 9.96. The molecule has 1 heterocycles. The van der Waals surface area contributed by atoms with E-state index in [0.717, 1.165) is 6.07 Å². The molecule has 0 bridgehead atoms. The summed E-state index contributed by atoms with van der Waals surface area (Å²) in [5, 5.41) is 27.9. The zero-order valence-electron chi connectivity index (χ0n) is 17.6. The van der Waals surface area contributed by atoms with Crippen molar-refractivity contribution in [3.05, 3.63) is 59.7 Å². The smallest absolute Gasteiger partial charge is 0.410 e. The average molecular weight is 475 g/mol. The van der Waals surface area contributed by atoms with Crippen LogP contribution >= 0.6 is 0 Å². The Morgan fingerprint density at radius 1 is 1.18 bits per heavy atom. The van der Waals surface area contributed by atoms with Crippen LogP contribution in [0.5, 0.6) is 0 Å². The first-order valence-electron chi connectivity index (χ1n) is 10.0. The molecule has 1 saturated heterocycles. The van der Waals surface area contributed by atoms with E-state index < -0.39 is 34.8 Å². The van der Waals surface area contributed by atoms with Crippen LogP contribution in [-0.2, 0) is 27.0 Å². The summed E-state index contributed by atoms with van der Waals surface area (Å²) in [5.41, 5.74) is -2.03. The maximum Gasteiger partial charge on any atom is 0.418 e. The van der Waals surface area contributed by atoms with Crippen LogP contribution in [0.25, 0.3) is 0 Å². The van der Waals surface area contributed by atoms with E-state index in [1.165, 1.54) is 24.3 Å². The number of oxime groups is 1. The number of nitrogens with one attached hydrogen (secondary N) is 3. The molecule has 9 nitrogen and oxygen atoms in total. The molecule has 1 aliphatic rings. The van der Waals surface area contributed by atoms with Crippen LogP contribution in [0.4, 0.5) is 24.5 Å². The van der Waals surface area contributed by atoms with Crippen LogP contribution < -0.4 is 16.0 Å². The van der Waals surface area contributed by atoms with Crippen LogP contribution in [0, 0.1) is 11.3 Å². The van der Waals surface area contributed by atoms with Crippen LogP contribution in [0.15, 0.2) is 53.7 Å². The van der Waals surface area contributed by atoms with Gasteiger partial charge < -0.3 is 25.9 Å². The molecule has 2 amide bonds. The van der Waals surface area contributed by atoms with E-state index in [0.29, 0.717) is 11.3 Å². The number of nitriles is 1. The van der Waals surface area contributed by atoms with Crippen LogP contribution in [0.2, 0.25) is 0 Å². The van der Waals surface area contributed by atoms with E-state index in [1.54, 1.807) is 24.3 Å². The molecule has 0 aromatic heterocycles. The second-order valence-corrected chi connectivity index (χ2v) is 7.45. The number of benzene rings is 2. The molecule has 2 aromatic rings. The Hall–Kier alpha value is -4.11. The first-order chi connectivity index (χ1) is 16.2. The third kappa shape index (κ3) is 5.62. The van der Waals surface area contributed by atoms with Crippen LogP contribution in [0.3, 0.4) is 0 Å². The SMILES string of the molecule is N#CC(=NO)C(=O)N[C@@]1(C(=O)NCc2ccc(Nc3ccccc3C(F)(F)F)cc2)CCOC1. The van der Waals surface area contributed by atoms with Crippen molar-refractivity contribution in [3.8, 4) is 6.07 Å². The van der Waals surface area contributed by atoms with Gasteiger partial charge in [0.25, 0.3) is 5.91 Å². The standard InChI is InChI=1S/C22H20F3N5O4/c23-22(24,25)16-3-1-2-4-17(16)28-15-7-5-14(6-8-15)12-27-20(32)21(9-10-34-13-21)29-19(31)18(11-26)30-33/h1-8,28,33H,9-10,12-13H2,(H,27,32)(H,29,31)/t21-/m0/s1. The minimum absolute atomic E-state index is 0.0646. The molecule has 0 aliphatic carbocycles. The molecular formula is C22H20F3N5O4. The minimum atomic E-state index is -4.50. The fourth-order valence-electron chi connectivity index (χ4n) is 3.35. The van der Waals surface area contributed by atoms with Crippen molar-refractivity contribution in [1.29, 1.82) is 5.26 Å². The van der Waals surface area contributed by atoms with Crippen molar-refractivity contribution in [2.24, 2.45) is 5.16 Å². The van der Waals surface area contributed by atoms with Crippen molar-refractivity contribution >= 4 is 28.9 Å². The number of rotatable bonds is 7. The molecule has 178 valence electrons. The van der Waals surface area contributed by atoms with Gasteiger partial charge in [-0.05, 0) is 29.8 Å². The summed E-state index contributed by atoms with van der Waals surface area (Å²) in [5.74, 6) is -1.57. The van der Waals surface area contributed by atoms with Gasteiger partial charge in [0, 0.05) is 25.3 Å². The molecule has 1 aliphatic heterocycles. The summed E-state index contributed by atoms with van der Waals surface area (Å²) in [4.78, 5) is 24.9. The summed E-state index contributed by atoms with van der Waals surface area (Å²) < 4.78 is 44.7. The quantitative estimate of drug-likeness (QED) is 0.276. The largest absolute Gasteiger partial charge is 0.418 e. The predicted molar refractivity (Wildman–Crippen MR) is 114 cm³/mol. The average Bonchev–Trinajstić information content (AvgIpc) is 3.28. The zero-order chi connectivity index (χ0) is 24.8. The minimum Gasteiger partial charge on any atom is -0.410 e. The number of carbonyl (C=O) groups is 2. The van der Waals surface area contributed by atoms with E-state index in [9.17, 15) is 22.8 Å². The van der Waals surface area contributed by atoms with Gasteiger partial charge >= 0.3 is 6.18 Å². The molecule has 4 N–H and O–H groups in total. The highest BCUT2D eigenvalue weighted by Crippen LogP contribution is 2.35. The topological polar surface area (TPSA) is 136 Å². The van der Waals surface area contributed by atoms with Crippen molar-refractivity contribution in [1.82, 2.24) is 10.6 Å². The van der Waals surface area contributed by atoms with E-state index in [2.05, 4.69) is 21.1 Å². The molecule has 12 heteroatoms. The summed E-state index contributed by atoms with van der Waals surface area (Å²) >= 11 is 0. The fraction of sp³-hybridized carbons (Fsp3) is 0.273. The van der Waals surface area contributed by atoms with Crippen molar-refractivity contribution in [2.75, 3.05) is 18.5 Å². The van der Waals surface area contributed by atoms with Crippen molar-refractivity contribution in [3.63, 3.8) is 0 Å². The second kappa shape index (κ2) is 10.2. The summed E-state index contributed by atoms with van der Waals surface area (Å²) in [7, 11) is 0. The monoisotopic (exact) mass is 475 g/mol. The zero-order valence-corrected chi connectivity index (χ0v) is 17.6. The summed E-state index contributed by atoms with van der Waals surface area (Å²) in [6.07, 6.45) is -4.35. The van der Waals surface area contributed by atoms with Crippen LogP contribution in [-0.4, -0.2) is 41.5 Å². The van der Waals surface area contributed by atoms with Gasteiger partial charge in [-0.15, -0.1) is 0 Å². The van der Waals surface area contributed by atoms with Crippen molar-refractivity contribution in [2.45, 2.75) is 24.7 Å². The number of halogens is 3. The van der Waals surface area contributed by atoms with E-state index in [-0.39, 0.29) is 31.9 Å². The van der Waals surface area contributed by atoms with E-state index >= 15 is 0 Å². The Bertz CT molecular complexity index is 1120. The Morgan fingerprint density at radius 3 is 2.47 bits per heavy atom. The highest BCUT2D eigenvalue weighted by atomic mass is 19.4. The number of ether oxygens (including phenoxy) is 1. The third-order valence-corrected chi connectivity index (χ3v) is 5.15. The molecule has 34 heavy (non-hydrogen) atoms. The molecule has 3 rings (SSSR count). The molecule has 0 spiro atoms. The molecule has 1 atom stereocenters. The Kier molecular flexibility index (Phi) is 7.37. The lowest BCUT2D eigenvalue weighted by Gasteiger charge is -2.27. The van der Waals surface area contributed by atoms with E-state index in [1.807, 2.05) is 0 Å². The number of para-hydroxylation sites is 1. The summed E-state index contributed by atoms with van der Waals surface area (Å²) in [6, 6.07) is 12.9. The number of alkyl halides is 3. The molecule has 2 aromatic carbocycles. The summed E-state index contributed by atoms with van der Waals surface area (Å²) in [6.45, 7) is 0.136. The third-order valence-electron chi connectivity index (χ3n) is 5.15. The van der Waals surface area contributed by atoms with Gasteiger partial charge in [0.1, 0.15) is 11.6 Å². The molecule has 0 saturated carbocycles. The highest BCUT2D eigenvalue weighted by Gasteiger charge is 2.44. The first kappa shape index (κ1) is 24.5. The van der Waals surface area contributed by atoms with Gasteiger partial charge in [0.2, 0.25) is 11.6 Å². The number of nitrogens with zero attached hydrogens (tertiary/aromatic N) is 2. The molecular weight excluding hydrogens is 455 g/mol. The number of hydrogen-bond donors (Lipinski definition) is 4. The second-order valence-electron chi connectivity index (χ2n) is 7.45. The lowest BCUT2D eigenvalue weighted by Crippen LogP contribution is -2.60. The molecule has 0 unspecified atom stereocenters. The maximum absolute atomic E-state index is 13.2. The first-order valence-corrected chi connectivity index (χ1v) is 10.0. The van der Waals surface area contributed by atoms with Gasteiger partial charge in [-0.25, -0.2) is 0 Å². The number of hydrogen-bond acceptors (Lipinski definition) is 7. The number of carbonyl (C=O) groups excluding carboxylic acids is 2. The Labute approximate surface area is 192 Å². The number of amides is 2. The Balaban J connectivity index is 1.64. The van der Waals surface area contributed by atoms with Gasteiger partial charge in [-0.3, -0.25) is 9.59 Å². The molecule has 0 radical (unpaired) electrons. The predicted octanol–water partition coefficient (Wildman–Crippen LogP) is 2.69. The highest BCUT2D eigenvalue weighted by molar-refractivity contribution is 6.45. The van der Waals surface area contributed by atoms with Gasteiger partial charge in [0.15, 0.2) is 0 Å². The number of anilines is 2. The van der Waals surface area contributed by atoms with Gasteiger partial charge in [0.05, 0.1) is 17.9 Å². The van der Waals surface area contributed by atoms with Crippen molar-refractivity contribution < 1.29 is 32.7 Å². The lowest BCUT2D eigenvalue weighted by molar-refractivity contribution is -0.137. The Morgan fingerprint density at radius 2 is 1.88 bits per heavy atom. The van der Waals surface area contributed by atoms with Crippen LogP contribution in [0.1, 0.15) is 17.5 Å². The molecule has 1 fully saturated rings. The van der Waals surface area contributed by atoms with Gasteiger partial charge in [-0.1, -0.05) is 29.4 Å². The van der Waals surface area contributed by atoms with Gasteiger partial charge in [-0.2, -0.15) is 18.4 Å². The maximum atomic E-state index is 13.2. The van der Waals surface area contributed by atoms with E-state index in [4.69, 9.17) is 15.2 Å². The normalized spacial score (nSPS) is 18.1.